The highest BCUT2D eigenvalue weighted by molar-refractivity contribution is 6.35. The standard InChI is InChI=1S/C18H19Cl2N3O/c19-13-7-14(20)9-16(8-13)23-18(24)12-6-17(11-21-10-12)22-15-4-2-1-3-5-15/h6-11,15,22H,1-5H2,(H,23,24). The van der Waals surface area contributed by atoms with Crippen LogP contribution in [-0.2, 0) is 0 Å². The third-order valence-electron chi connectivity index (χ3n) is 4.10. The summed E-state index contributed by atoms with van der Waals surface area (Å²) in [6.45, 7) is 0. The molecule has 1 aliphatic rings. The molecule has 0 atom stereocenters. The normalized spacial score (nSPS) is 15.1. The van der Waals surface area contributed by atoms with Crippen LogP contribution in [0.25, 0.3) is 0 Å². The van der Waals surface area contributed by atoms with E-state index in [0.29, 0.717) is 27.3 Å². The zero-order valence-electron chi connectivity index (χ0n) is 13.2. The molecular formula is C18H19Cl2N3O. The number of rotatable bonds is 4. The minimum Gasteiger partial charge on any atom is -0.381 e. The van der Waals surface area contributed by atoms with Crippen molar-refractivity contribution in [2.75, 3.05) is 10.6 Å². The highest BCUT2D eigenvalue weighted by Gasteiger charge is 2.14. The Bertz CT molecular complexity index is 710. The van der Waals surface area contributed by atoms with Crippen LogP contribution < -0.4 is 10.6 Å². The first kappa shape index (κ1) is 17.1. The summed E-state index contributed by atoms with van der Waals surface area (Å²) in [5.74, 6) is -0.242. The van der Waals surface area contributed by atoms with E-state index >= 15 is 0 Å². The summed E-state index contributed by atoms with van der Waals surface area (Å²) in [4.78, 5) is 16.6. The maximum Gasteiger partial charge on any atom is 0.257 e. The number of hydrogen-bond donors (Lipinski definition) is 2. The van der Waals surface area contributed by atoms with Gasteiger partial charge in [-0.05, 0) is 37.1 Å². The fourth-order valence-electron chi connectivity index (χ4n) is 2.95. The number of nitrogens with zero attached hydrogens (tertiary/aromatic N) is 1. The Kier molecular flexibility index (Phi) is 5.59. The van der Waals surface area contributed by atoms with Gasteiger partial charge in [-0.1, -0.05) is 42.5 Å². The maximum atomic E-state index is 12.4. The van der Waals surface area contributed by atoms with Gasteiger partial charge in [0, 0.05) is 34.2 Å². The maximum absolute atomic E-state index is 12.4. The number of aromatic nitrogens is 1. The fourth-order valence-corrected chi connectivity index (χ4v) is 3.48. The Morgan fingerprint density at radius 3 is 2.38 bits per heavy atom. The van der Waals surface area contributed by atoms with Crippen molar-refractivity contribution in [2.45, 2.75) is 38.1 Å². The summed E-state index contributed by atoms with van der Waals surface area (Å²) in [5.41, 5.74) is 1.92. The quantitative estimate of drug-likeness (QED) is 0.765. The monoisotopic (exact) mass is 363 g/mol. The van der Waals surface area contributed by atoms with Crippen molar-refractivity contribution >= 4 is 40.5 Å². The minimum absolute atomic E-state index is 0.242. The van der Waals surface area contributed by atoms with Crippen molar-refractivity contribution in [1.29, 1.82) is 0 Å². The molecule has 1 fully saturated rings. The molecule has 0 unspecified atom stereocenters. The highest BCUT2D eigenvalue weighted by Crippen LogP contribution is 2.24. The van der Waals surface area contributed by atoms with Gasteiger partial charge in [-0.2, -0.15) is 0 Å². The van der Waals surface area contributed by atoms with Crippen molar-refractivity contribution in [3.8, 4) is 0 Å². The second-order valence-corrected chi connectivity index (χ2v) is 6.93. The molecule has 1 aliphatic carbocycles. The summed E-state index contributed by atoms with van der Waals surface area (Å²) in [5, 5.41) is 7.22. The molecule has 1 aromatic carbocycles. The predicted octanol–water partition coefficient (Wildman–Crippen LogP) is 5.39. The molecular weight excluding hydrogens is 345 g/mol. The lowest BCUT2D eigenvalue weighted by atomic mass is 9.95. The molecule has 0 saturated heterocycles. The molecule has 2 N–H and O–H groups in total. The Hall–Kier alpha value is -1.78. The fraction of sp³-hybridized carbons (Fsp3) is 0.333. The summed E-state index contributed by atoms with van der Waals surface area (Å²) in [6.07, 6.45) is 9.44. The van der Waals surface area contributed by atoms with E-state index in [1.807, 2.05) is 6.07 Å². The van der Waals surface area contributed by atoms with Crippen molar-refractivity contribution < 1.29 is 4.79 Å². The largest absolute Gasteiger partial charge is 0.381 e. The first-order valence-corrected chi connectivity index (χ1v) is 8.85. The molecule has 2 aromatic rings. The molecule has 0 spiro atoms. The summed E-state index contributed by atoms with van der Waals surface area (Å²) >= 11 is 11.9. The third-order valence-corrected chi connectivity index (χ3v) is 4.53. The second-order valence-electron chi connectivity index (χ2n) is 6.05. The number of nitrogens with one attached hydrogen (secondary N) is 2. The Labute approximate surface area is 151 Å². The van der Waals surface area contributed by atoms with Crippen LogP contribution in [0.1, 0.15) is 42.5 Å². The average molecular weight is 364 g/mol. The number of pyridine rings is 1. The van der Waals surface area contributed by atoms with Gasteiger partial charge in [0.25, 0.3) is 5.91 Å². The molecule has 0 bridgehead atoms. The number of anilines is 2. The van der Waals surface area contributed by atoms with Gasteiger partial charge in [-0.3, -0.25) is 9.78 Å². The van der Waals surface area contributed by atoms with E-state index in [2.05, 4.69) is 15.6 Å². The van der Waals surface area contributed by atoms with Gasteiger partial charge in [0.1, 0.15) is 0 Å². The van der Waals surface area contributed by atoms with E-state index in [1.54, 1.807) is 30.6 Å². The van der Waals surface area contributed by atoms with Crippen molar-refractivity contribution in [3.63, 3.8) is 0 Å². The predicted molar refractivity (Wildman–Crippen MR) is 99.1 cm³/mol. The lowest BCUT2D eigenvalue weighted by Crippen LogP contribution is -2.22. The average Bonchev–Trinajstić information content (AvgIpc) is 2.55. The first-order valence-electron chi connectivity index (χ1n) is 8.09. The second kappa shape index (κ2) is 7.86. The van der Waals surface area contributed by atoms with Gasteiger partial charge in [0.15, 0.2) is 0 Å². The molecule has 6 heteroatoms. The Morgan fingerprint density at radius 2 is 1.67 bits per heavy atom. The van der Waals surface area contributed by atoms with Crippen LogP contribution in [-0.4, -0.2) is 16.9 Å². The van der Waals surface area contributed by atoms with E-state index < -0.39 is 0 Å². The number of amides is 1. The summed E-state index contributed by atoms with van der Waals surface area (Å²) in [7, 11) is 0. The van der Waals surface area contributed by atoms with Crippen LogP contribution in [0.15, 0.2) is 36.7 Å². The van der Waals surface area contributed by atoms with Gasteiger partial charge in [0.2, 0.25) is 0 Å². The SMILES string of the molecule is O=C(Nc1cc(Cl)cc(Cl)c1)c1cncc(NC2CCCCC2)c1. The number of benzene rings is 1. The lowest BCUT2D eigenvalue weighted by molar-refractivity contribution is 0.102. The van der Waals surface area contributed by atoms with Gasteiger partial charge >= 0.3 is 0 Å². The van der Waals surface area contributed by atoms with Crippen LogP contribution in [0.3, 0.4) is 0 Å². The van der Waals surface area contributed by atoms with Gasteiger partial charge in [-0.25, -0.2) is 0 Å². The number of halogens is 2. The summed E-state index contributed by atoms with van der Waals surface area (Å²) in [6, 6.07) is 7.22. The van der Waals surface area contributed by atoms with Crippen molar-refractivity contribution in [3.05, 3.63) is 52.3 Å². The molecule has 24 heavy (non-hydrogen) atoms. The van der Waals surface area contributed by atoms with Crippen LogP contribution >= 0.6 is 23.2 Å². The van der Waals surface area contributed by atoms with E-state index in [1.165, 1.54) is 19.3 Å². The van der Waals surface area contributed by atoms with E-state index in [9.17, 15) is 4.79 Å². The molecule has 1 amide bonds. The van der Waals surface area contributed by atoms with Gasteiger partial charge < -0.3 is 10.6 Å². The molecule has 1 aromatic heterocycles. The van der Waals surface area contributed by atoms with Crippen LogP contribution in [0.2, 0.25) is 10.0 Å². The number of carbonyl (C=O) groups is 1. The zero-order chi connectivity index (χ0) is 16.9. The lowest BCUT2D eigenvalue weighted by Gasteiger charge is -2.23. The number of hydrogen-bond acceptors (Lipinski definition) is 3. The number of carbonyl (C=O) groups excluding carboxylic acids is 1. The Balaban J connectivity index is 1.69. The molecule has 4 nitrogen and oxygen atoms in total. The van der Waals surface area contributed by atoms with Crippen molar-refractivity contribution in [2.24, 2.45) is 0 Å². The Morgan fingerprint density at radius 1 is 0.958 bits per heavy atom. The molecule has 0 aliphatic heterocycles. The van der Waals surface area contributed by atoms with E-state index in [-0.39, 0.29) is 5.91 Å². The molecule has 126 valence electrons. The zero-order valence-corrected chi connectivity index (χ0v) is 14.7. The van der Waals surface area contributed by atoms with E-state index in [0.717, 1.165) is 18.5 Å². The van der Waals surface area contributed by atoms with Crippen molar-refractivity contribution in [1.82, 2.24) is 4.98 Å². The van der Waals surface area contributed by atoms with Crippen LogP contribution in [0.5, 0.6) is 0 Å². The van der Waals surface area contributed by atoms with Crippen LogP contribution in [0.4, 0.5) is 11.4 Å². The topological polar surface area (TPSA) is 54.0 Å². The third kappa shape index (κ3) is 4.62. The molecule has 0 radical (unpaired) electrons. The van der Waals surface area contributed by atoms with Crippen LogP contribution in [0, 0.1) is 0 Å². The van der Waals surface area contributed by atoms with Gasteiger partial charge in [-0.15, -0.1) is 0 Å². The molecule has 3 rings (SSSR count). The smallest absolute Gasteiger partial charge is 0.257 e. The van der Waals surface area contributed by atoms with E-state index in [4.69, 9.17) is 23.2 Å². The molecule has 1 saturated carbocycles. The minimum atomic E-state index is -0.242. The first-order chi connectivity index (χ1) is 11.6. The van der Waals surface area contributed by atoms with Gasteiger partial charge in [0.05, 0.1) is 11.3 Å². The highest BCUT2D eigenvalue weighted by atomic mass is 35.5. The summed E-state index contributed by atoms with van der Waals surface area (Å²) < 4.78 is 0. The molecule has 1 heterocycles.